The van der Waals surface area contributed by atoms with Gasteiger partial charge in [0.1, 0.15) is 11.9 Å². The summed E-state index contributed by atoms with van der Waals surface area (Å²) in [4.78, 5) is 21.9. The zero-order valence-corrected chi connectivity index (χ0v) is 21.6. The Balaban J connectivity index is 0. The third-order valence-corrected chi connectivity index (χ3v) is 4.26. The molecule has 0 aromatic rings. The topological polar surface area (TPSA) is 92.9 Å². The molecule has 7 nitrogen and oxygen atoms in total. The summed E-state index contributed by atoms with van der Waals surface area (Å²) >= 11 is 0. The van der Waals surface area contributed by atoms with E-state index in [1.165, 1.54) is 0 Å². The second-order valence-corrected chi connectivity index (χ2v) is 8.02. The average Bonchev–Trinajstić information content (AvgIpc) is 2.86. The van der Waals surface area contributed by atoms with Crippen molar-refractivity contribution in [3.05, 3.63) is 36.6 Å². The van der Waals surface area contributed by atoms with E-state index in [4.69, 9.17) is 5.41 Å². The van der Waals surface area contributed by atoms with Gasteiger partial charge in [0.05, 0.1) is 5.71 Å². The van der Waals surface area contributed by atoms with E-state index in [9.17, 15) is 4.79 Å². The van der Waals surface area contributed by atoms with Crippen molar-refractivity contribution in [3.63, 3.8) is 0 Å². The van der Waals surface area contributed by atoms with Crippen LogP contribution >= 0.6 is 0 Å². The van der Waals surface area contributed by atoms with Crippen LogP contribution in [0.3, 0.4) is 0 Å². The Morgan fingerprint density at radius 2 is 1.88 bits per heavy atom. The molecule has 0 radical (unpaired) electrons. The molecule has 0 spiro atoms. The first-order valence-corrected chi connectivity index (χ1v) is 11.2. The average molecular weight is 457 g/mol. The molecule has 0 aromatic carbocycles. The van der Waals surface area contributed by atoms with Gasteiger partial charge in [-0.1, -0.05) is 38.2 Å². The zero-order chi connectivity index (χ0) is 25.7. The van der Waals surface area contributed by atoms with Gasteiger partial charge in [0.2, 0.25) is 0 Å². The van der Waals surface area contributed by atoms with Crippen LogP contribution in [0.1, 0.15) is 48.0 Å². The molecule has 3 N–H and O–H groups in total. The Hall–Kier alpha value is -2.98. The van der Waals surface area contributed by atoms with Crippen LogP contribution in [0.15, 0.2) is 46.6 Å². The summed E-state index contributed by atoms with van der Waals surface area (Å²) in [5, 5.41) is 14.4. The van der Waals surface area contributed by atoms with E-state index in [1.807, 2.05) is 56.3 Å². The van der Waals surface area contributed by atoms with E-state index >= 15 is 0 Å². The SMILES string of the molecule is C#CC.C=NCC.CNCCCNC(=O)C(C)=NC(C)C(=N)N1/C=C/C=C\C=C\C(C)(C)C1. The number of hydrogen-bond acceptors (Lipinski definition) is 5. The lowest BCUT2D eigenvalue weighted by Crippen LogP contribution is -2.39. The van der Waals surface area contributed by atoms with Crippen LogP contribution in [0.25, 0.3) is 0 Å². The molecule has 1 amide bonds. The van der Waals surface area contributed by atoms with Gasteiger partial charge in [-0.3, -0.25) is 15.2 Å². The molecule has 33 heavy (non-hydrogen) atoms. The summed E-state index contributed by atoms with van der Waals surface area (Å²) < 4.78 is 0. The van der Waals surface area contributed by atoms with Gasteiger partial charge < -0.3 is 20.5 Å². The zero-order valence-electron chi connectivity index (χ0n) is 21.6. The smallest absolute Gasteiger partial charge is 0.264 e. The molecule has 0 saturated carbocycles. The number of hydrogen-bond donors (Lipinski definition) is 3. The maximum atomic E-state index is 12.1. The molecular formula is C26H44N6O. The molecular weight excluding hydrogens is 412 g/mol. The highest BCUT2D eigenvalue weighted by atomic mass is 16.1. The minimum absolute atomic E-state index is 0.0749. The van der Waals surface area contributed by atoms with Crippen molar-refractivity contribution >= 4 is 24.2 Å². The van der Waals surface area contributed by atoms with Crippen molar-refractivity contribution in [2.45, 2.75) is 54.0 Å². The molecule has 0 aliphatic carbocycles. The number of amides is 1. The monoisotopic (exact) mass is 456 g/mol. The largest absolute Gasteiger partial charge is 0.351 e. The predicted octanol–water partition coefficient (Wildman–Crippen LogP) is 3.85. The number of nitrogens with zero attached hydrogens (tertiary/aromatic N) is 3. The highest BCUT2D eigenvalue weighted by Crippen LogP contribution is 2.21. The number of rotatable bonds is 8. The van der Waals surface area contributed by atoms with Crippen molar-refractivity contribution in [2.75, 3.05) is 33.2 Å². The van der Waals surface area contributed by atoms with Gasteiger partial charge in [-0.25, -0.2) is 0 Å². The summed E-state index contributed by atoms with van der Waals surface area (Å²) in [6, 6.07) is -0.396. The lowest BCUT2D eigenvalue weighted by Gasteiger charge is -2.31. The van der Waals surface area contributed by atoms with Crippen molar-refractivity contribution in [2.24, 2.45) is 15.4 Å². The maximum absolute atomic E-state index is 12.1. The Labute approximate surface area is 201 Å². The molecule has 0 bridgehead atoms. The van der Waals surface area contributed by atoms with E-state index in [2.05, 4.69) is 59.6 Å². The summed E-state index contributed by atoms with van der Waals surface area (Å²) in [5.74, 6) is 2.45. The Kier molecular flexibility index (Phi) is 19.2. The lowest BCUT2D eigenvalue weighted by molar-refractivity contribution is -0.114. The number of amidine groups is 1. The van der Waals surface area contributed by atoms with E-state index in [-0.39, 0.29) is 11.3 Å². The number of carbonyl (C=O) groups excluding carboxylic acids is 1. The second-order valence-electron chi connectivity index (χ2n) is 8.02. The number of carbonyl (C=O) groups is 1. The molecule has 0 fully saturated rings. The van der Waals surface area contributed by atoms with Crippen LogP contribution < -0.4 is 10.6 Å². The van der Waals surface area contributed by atoms with Gasteiger partial charge in [-0.2, -0.15) is 0 Å². The number of allylic oxidation sites excluding steroid dienone is 4. The van der Waals surface area contributed by atoms with Crippen molar-refractivity contribution < 1.29 is 4.79 Å². The van der Waals surface area contributed by atoms with Gasteiger partial charge in [-0.15, -0.1) is 12.3 Å². The molecule has 1 aliphatic rings. The van der Waals surface area contributed by atoms with Crippen LogP contribution in [0, 0.1) is 23.2 Å². The molecule has 1 rings (SSSR count). The predicted molar refractivity (Wildman–Crippen MR) is 144 cm³/mol. The summed E-state index contributed by atoms with van der Waals surface area (Å²) in [6.07, 6.45) is 17.4. The molecule has 1 atom stereocenters. The normalized spacial score (nSPS) is 18.1. The quantitative estimate of drug-likeness (QED) is 0.224. The van der Waals surface area contributed by atoms with Gasteiger partial charge >= 0.3 is 0 Å². The van der Waals surface area contributed by atoms with Gasteiger partial charge in [0.15, 0.2) is 0 Å². The molecule has 1 unspecified atom stereocenters. The maximum Gasteiger partial charge on any atom is 0.264 e. The first-order chi connectivity index (χ1) is 15.6. The van der Waals surface area contributed by atoms with Crippen LogP contribution in [-0.2, 0) is 4.79 Å². The number of terminal acetylenes is 1. The Bertz CT molecular complexity index is 740. The molecule has 0 saturated heterocycles. The fraction of sp³-hybridized carbons (Fsp3) is 0.538. The minimum atomic E-state index is -0.396. The second kappa shape index (κ2) is 19.7. The fourth-order valence-corrected chi connectivity index (χ4v) is 2.55. The number of nitrogens with one attached hydrogen (secondary N) is 3. The van der Waals surface area contributed by atoms with Gasteiger partial charge in [-0.05, 0) is 60.5 Å². The van der Waals surface area contributed by atoms with E-state index in [0.29, 0.717) is 24.6 Å². The minimum Gasteiger partial charge on any atom is -0.351 e. The summed E-state index contributed by atoms with van der Waals surface area (Å²) in [7, 11) is 1.88. The number of aliphatic imine (C=N–C) groups is 2. The van der Waals surface area contributed by atoms with Crippen LogP contribution in [0.4, 0.5) is 0 Å². The highest BCUT2D eigenvalue weighted by molar-refractivity contribution is 6.38. The third-order valence-electron chi connectivity index (χ3n) is 4.26. The van der Waals surface area contributed by atoms with Crippen LogP contribution in [0.5, 0.6) is 0 Å². The third kappa shape index (κ3) is 17.3. The Morgan fingerprint density at radius 3 is 2.42 bits per heavy atom. The molecule has 1 heterocycles. The van der Waals surface area contributed by atoms with Crippen molar-refractivity contribution in [1.82, 2.24) is 15.5 Å². The van der Waals surface area contributed by atoms with Crippen molar-refractivity contribution in [3.8, 4) is 12.3 Å². The van der Waals surface area contributed by atoms with E-state index in [0.717, 1.165) is 19.5 Å². The standard InChI is InChI=1S/C20H33N5O.C3H7N.C3H4/c1-16(24-17(2)19(26)23-13-10-12-22-5)18(21)25-14-9-7-6-8-11-20(3,4)15-25;1-3-4-2;1-3-2/h6-9,11,14,16,21-22H,10,12-13,15H2,1-5H3,(H,23,26);2-3H2,1H3;1H,2H3/b7-6-,11-8+,14-9+,21-18?,24-17?;;. The van der Waals surface area contributed by atoms with Crippen LogP contribution in [-0.4, -0.2) is 68.3 Å². The molecule has 7 heteroatoms. The Morgan fingerprint density at radius 1 is 1.30 bits per heavy atom. The fourth-order valence-electron chi connectivity index (χ4n) is 2.55. The summed E-state index contributed by atoms with van der Waals surface area (Å²) in [5.41, 5.74) is 0.327. The van der Waals surface area contributed by atoms with Gasteiger partial charge in [0, 0.05) is 31.2 Å². The molecule has 1 aliphatic heterocycles. The highest BCUT2D eigenvalue weighted by Gasteiger charge is 2.23. The van der Waals surface area contributed by atoms with Gasteiger partial charge in [0.25, 0.3) is 5.91 Å². The van der Waals surface area contributed by atoms with Crippen molar-refractivity contribution in [1.29, 1.82) is 5.41 Å². The molecule has 184 valence electrons. The first kappa shape index (κ1) is 32.2. The lowest BCUT2D eigenvalue weighted by atomic mass is 9.92. The van der Waals surface area contributed by atoms with E-state index < -0.39 is 6.04 Å². The first-order valence-electron chi connectivity index (χ1n) is 11.2. The van der Waals surface area contributed by atoms with E-state index in [1.54, 1.807) is 13.8 Å². The molecule has 0 aromatic heterocycles. The summed E-state index contributed by atoms with van der Waals surface area (Å²) in [6.45, 7) is 17.6. The van der Waals surface area contributed by atoms with Crippen LogP contribution in [0.2, 0.25) is 0 Å².